The highest BCUT2D eigenvalue weighted by Crippen LogP contribution is 2.22. The molecule has 0 radical (unpaired) electrons. The Bertz CT molecular complexity index is 607. The van der Waals surface area contributed by atoms with Crippen LogP contribution in [0.5, 0.6) is 0 Å². The second-order valence-electron chi connectivity index (χ2n) is 4.63. The summed E-state index contributed by atoms with van der Waals surface area (Å²) in [6, 6.07) is 14.0. The van der Waals surface area contributed by atoms with Crippen LogP contribution in [-0.2, 0) is 17.8 Å². The van der Waals surface area contributed by atoms with Crippen LogP contribution >= 0.6 is 11.9 Å². The van der Waals surface area contributed by atoms with E-state index in [0.29, 0.717) is 13.2 Å². The van der Waals surface area contributed by atoms with Crippen LogP contribution in [-0.4, -0.2) is 12.1 Å². The van der Waals surface area contributed by atoms with Gasteiger partial charge in [-0.25, -0.2) is 0 Å². The molecule has 1 aliphatic heterocycles. The molecule has 1 heterocycles. The zero-order valence-corrected chi connectivity index (χ0v) is 11.7. The number of hydrogen-bond donors (Lipinski definition) is 3. The number of nitrogens with one attached hydrogen (secondary N) is 1. The van der Waals surface area contributed by atoms with Gasteiger partial charge in [0.2, 0.25) is 0 Å². The van der Waals surface area contributed by atoms with Gasteiger partial charge in [-0.3, -0.25) is 0 Å². The molecule has 3 rings (SSSR count). The Balaban J connectivity index is 1.67. The summed E-state index contributed by atoms with van der Waals surface area (Å²) in [5.74, 6) is 0. The van der Waals surface area contributed by atoms with Crippen molar-refractivity contribution in [3.05, 3.63) is 53.6 Å². The van der Waals surface area contributed by atoms with Gasteiger partial charge in [0.1, 0.15) is 0 Å². The fraction of sp³-hybridized carbons (Fsp3) is 0.143. The van der Waals surface area contributed by atoms with E-state index in [4.69, 9.17) is 10.4 Å². The Morgan fingerprint density at radius 1 is 1.25 bits per heavy atom. The molecule has 0 atom stereocenters. The van der Waals surface area contributed by atoms with E-state index in [1.165, 1.54) is 11.9 Å². The topological polar surface area (TPSA) is 67.5 Å². The van der Waals surface area contributed by atoms with Crippen LogP contribution in [0, 0.1) is 0 Å². The molecule has 4 N–H and O–H groups in total. The molecule has 0 fully saturated rings. The molecule has 0 bridgehead atoms. The van der Waals surface area contributed by atoms with Gasteiger partial charge in [0.05, 0.1) is 6.61 Å². The van der Waals surface area contributed by atoms with E-state index in [-0.39, 0.29) is 0 Å². The zero-order valence-electron chi connectivity index (χ0n) is 10.9. The van der Waals surface area contributed by atoms with E-state index in [2.05, 4.69) is 4.72 Å². The number of rotatable bonds is 4. The molecule has 2 aromatic carbocycles. The van der Waals surface area contributed by atoms with Crippen LogP contribution in [0.1, 0.15) is 11.1 Å². The Morgan fingerprint density at radius 2 is 2.05 bits per heavy atom. The maximum atomic E-state index is 9.68. The van der Waals surface area contributed by atoms with Gasteiger partial charge in [0.25, 0.3) is 0 Å². The minimum Gasteiger partial charge on any atom is -0.423 e. The summed E-state index contributed by atoms with van der Waals surface area (Å²) in [7, 11) is -0.805. The van der Waals surface area contributed by atoms with Crippen LogP contribution in [0.2, 0.25) is 0 Å². The van der Waals surface area contributed by atoms with Crippen molar-refractivity contribution < 1.29 is 9.68 Å². The molecule has 0 aliphatic carbocycles. The van der Waals surface area contributed by atoms with Gasteiger partial charge in [0.15, 0.2) is 0 Å². The molecule has 6 heteroatoms. The number of hydrogen-bond acceptors (Lipinski definition) is 5. The molecule has 4 nitrogen and oxygen atoms in total. The van der Waals surface area contributed by atoms with Crippen molar-refractivity contribution in [1.29, 1.82) is 0 Å². The fourth-order valence-electron chi connectivity index (χ4n) is 2.09. The second-order valence-corrected chi connectivity index (χ2v) is 5.51. The van der Waals surface area contributed by atoms with Crippen LogP contribution in [0.15, 0.2) is 47.4 Å². The fourth-order valence-corrected chi connectivity index (χ4v) is 2.72. The summed E-state index contributed by atoms with van der Waals surface area (Å²) in [5, 5.41) is 9.68. The molecule has 0 aromatic heterocycles. The third-order valence-corrected chi connectivity index (χ3v) is 4.10. The molecule has 2 aromatic rings. The molecular formula is C14H15BN2O2S. The Kier molecular flexibility index (Phi) is 3.98. The van der Waals surface area contributed by atoms with Crippen LogP contribution in [0.4, 0.5) is 5.69 Å². The lowest BCUT2D eigenvalue weighted by molar-refractivity contribution is 0.275. The predicted octanol–water partition coefficient (Wildman–Crippen LogP) is 1.48. The maximum Gasteiger partial charge on any atom is 0.491 e. The lowest BCUT2D eigenvalue weighted by Crippen LogP contribution is -2.28. The average molecular weight is 286 g/mol. The minimum atomic E-state index is -0.805. The molecule has 0 saturated carbocycles. The summed E-state index contributed by atoms with van der Waals surface area (Å²) in [6.45, 7) is 1.03. The third-order valence-electron chi connectivity index (χ3n) is 3.25. The highest BCUT2D eigenvalue weighted by atomic mass is 32.2. The third kappa shape index (κ3) is 2.83. The van der Waals surface area contributed by atoms with E-state index in [1.807, 2.05) is 42.5 Å². The molecule has 0 spiro atoms. The van der Waals surface area contributed by atoms with Gasteiger partial charge >= 0.3 is 7.12 Å². The molecule has 0 unspecified atom stereocenters. The lowest BCUT2D eigenvalue weighted by atomic mass is 9.79. The summed E-state index contributed by atoms with van der Waals surface area (Å²) in [6.07, 6.45) is 0. The Hall–Kier alpha value is -1.47. The quantitative estimate of drug-likeness (QED) is 0.587. The van der Waals surface area contributed by atoms with Gasteiger partial charge in [0, 0.05) is 17.1 Å². The number of fused-ring (bicyclic) bond motifs is 1. The van der Waals surface area contributed by atoms with E-state index < -0.39 is 7.12 Å². The average Bonchev–Trinajstić information content (AvgIpc) is 2.87. The van der Waals surface area contributed by atoms with Crippen molar-refractivity contribution in [2.75, 3.05) is 4.72 Å². The Labute approximate surface area is 122 Å². The first-order chi connectivity index (χ1) is 9.76. The minimum absolute atomic E-state index is 0.477. The van der Waals surface area contributed by atoms with Gasteiger partial charge in [-0.05, 0) is 52.8 Å². The summed E-state index contributed by atoms with van der Waals surface area (Å²) < 4.78 is 8.44. The van der Waals surface area contributed by atoms with E-state index in [0.717, 1.165) is 27.2 Å². The second kappa shape index (κ2) is 5.89. The SMILES string of the molecule is NCc1ccc(SNc2ccc3c(c2)B(O)OC3)cc1. The first kappa shape index (κ1) is 13.5. The normalized spacial score (nSPS) is 13.4. The summed E-state index contributed by atoms with van der Waals surface area (Å²) in [4.78, 5) is 1.11. The molecule has 102 valence electrons. The smallest absolute Gasteiger partial charge is 0.423 e. The number of anilines is 1. The van der Waals surface area contributed by atoms with Crippen LogP contribution in [0.25, 0.3) is 0 Å². The largest absolute Gasteiger partial charge is 0.491 e. The van der Waals surface area contributed by atoms with E-state index in [1.54, 1.807) is 0 Å². The van der Waals surface area contributed by atoms with Crippen molar-refractivity contribution >= 4 is 30.2 Å². The van der Waals surface area contributed by atoms with Crippen molar-refractivity contribution in [3.63, 3.8) is 0 Å². The van der Waals surface area contributed by atoms with Crippen LogP contribution < -0.4 is 15.9 Å². The first-order valence-corrected chi connectivity index (χ1v) is 7.22. The number of nitrogens with two attached hydrogens (primary N) is 1. The molecular weight excluding hydrogens is 271 g/mol. The van der Waals surface area contributed by atoms with E-state index >= 15 is 0 Å². The molecule has 1 aliphatic rings. The standard InChI is InChI=1S/C14H15BN2O2S/c16-8-10-1-5-13(6-2-10)20-17-12-4-3-11-9-19-15(18)14(11)7-12/h1-7,17-18H,8-9,16H2. The Morgan fingerprint density at radius 3 is 2.80 bits per heavy atom. The number of benzene rings is 2. The maximum absolute atomic E-state index is 9.68. The highest BCUT2D eigenvalue weighted by molar-refractivity contribution is 8.00. The van der Waals surface area contributed by atoms with Crippen molar-refractivity contribution in [2.45, 2.75) is 18.0 Å². The van der Waals surface area contributed by atoms with Crippen LogP contribution in [0.3, 0.4) is 0 Å². The predicted molar refractivity (Wildman–Crippen MR) is 82.7 cm³/mol. The van der Waals surface area contributed by atoms with Crippen molar-refractivity contribution in [3.8, 4) is 0 Å². The first-order valence-electron chi connectivity index (χ1n) is 6.40. The van der Waals surface area contributed by atoms with Gasteiger partial charge < -0.3 is 20.1 Å². The van der Waals surface area contributed by atoms with E-state index in [9.17, 15) is 5.02 Å². The lowest BCUT2D eigenvalue weighted by Gasteiger charge is -2.08. The zero-order chi connectivity index (χ0) is 13.9. The monoisotopic (exact) mass is 286 g/mol. The molecule has 0 saturated heterocycles. The van der Waals surface area contributed by atoms with Gasteiger partial charge in [-0.1, -0.05) is 18.2 Å². The molecule has 20 heavy (non-hydrogen) atoms. The van der Waals surface area contributed by atoms with Crippen molar-refractivity contribution in [1.82, 2.24) is 0 Å². The molecule has 0 amide bonds. The summed E-state index contributed by atoms with van der Waals surface area (Å²) in [5.41, 5.74) is 9.52. The summed E-state index contributed by atoms with van der Waals surface area (Å²) >= 11 is 1.53. The van der Waals surface area contributed by atoms with Crippen molar-refractivity contribution in [2.24, 2.45) is 5.73 Å². The van der Waals surface area contributed by atoms with Gasteiger partial charge in [-0.2, -0.15) is 0 Å². The van der Waals surface area contributed by atoms with Gasteiger partial charge in [-0.15, -0.1) is 0 Å². The highest BCUT2D eigenvalue weighted by Gasteiger charge is 2.27.